The molecule has 23 heavy (non-hydrogen) atoms. The van der Waals surface area contributed by atoms with Crippen molar-refractivity contribution in [1.82, 2.24) is 20.4 Å². The Kier molecular flexibility index (Phi) is 6.06. The van der Waals surface area contributed by atoms with Crippen LogP contribution < -0.4 is 5.32 Å². The molecule has 2 fully saturated rings. The third kappa shape index (κ3) is 3.39. The fourth-order valence-electron chi connectivity index (χ4n) is 4.04. The van der Waals surface area contributed by atoms with Gasteiger partial charge in [-0.25, -0.2) is 0 Å². The van der Waals surface area contributed by atoms with Gasteiger partial charge in [-0.2, -0.15) is 5.10 Å². The van der Waals surface area contributed by atoms with E-state index in [-0.39, 0.29) is 30.3 Å². The number of carbonyl (C=O) groups is 1. The Morgan fingerprint density at radius 3 is 2.83 bits per heavy atom. The Labute approximate surface area is 143 Å². The highest BCUT2D eigenvalue weighted by atomic mass is 35.5. The Morgan fingerprint density at radius 1 is 1.43 bits per heavy atom. The molecule has 1 unspecified atom stereocenters. The van der Waals surface area contributed by atoms with E-state index in [1.807, 2.05) is 11.8 Å². The van der Waals surface area contributed by atoms with Gasteiger partial charge in [0.15, 0.2) is 0 Å². The van der Waals surface area contributed by atoms with Crippen LogP contribution in [0, 0.1) is 11.3 Å². The number of H-pyrrole nitrogens is 1. The third-order valence-corrected chi connectivity index (χ3v) is 5.63. The summed E-state index contributed by atoms with van der Waals surface area (Å²) in [5, 5.41) is 20.0. The van der Waals surface area contributed by atoms with Crippen LogP contribution in [0.5, 0.6) is 0 Å². The van der Waals surface area contributed by atoms with Gasteiger partial charge >= 0.3 is 0 Å². The van der Waals surface area contributed by atoms with Crippen LogP contribution in [0.3, 0.4) is 0 Å². The van der Waals surface area contributed by atoms with Crippen molar-refractivity contribution in [3.8, 4) is 0 Å². The van der Waals surface area contributed by atoms with E-state index in [1.54, 1.807) is 6.20 Å². The molecule has 2 aliphatic heterocycles. The largest absolute Gasteiger partial charge is 0.396 e. The lowest BCUT2D eigenvalue weighted by Crippen LogP contribution is -2.53. The smallest absolute Gasteiger partial charge is 0.257 e. The molecule has 2 saturated heterocycles. The van der Waals surface area contributed by atoms with Crippen molar-refractivity contribution in [2.24, 2.45) is 11.3 Å². The summed E-state index contributed by atoms with van der Waals surface area (Å²) in [6.45, 7) is 5.74. The molecule has 3 N–H and O–H groups in total. The van der Waals surface area contributed by atoms with Crippen molar-refractivity contribution in [3.05, 3.63) is 17.5 Å². The number of likely N-dealkylation sites (tertiary alicyclic amines) is 1. The molecular weight excluding hydrogens is 316 g/mol. The zero-order chi connectivity index (χ0) is 15.6. The summed E-state index contributed by atoms with van der Waals surface area (Å²) in [7, 11) is 0. The normalized spacial score (nSPS) is 23.6. The first-order valence-corrected chi connectivity index (χ1v) is 8.33. The summed E-state index contributed by atoms with van der Waals surface area (Å²) in [5.74, 6) is 0.411. The van der Waals surface area contributed by atoms with Crippen molar-refractivity contribution < 1.29 is 9.90 Å². The van der Waals surface area contributed by atoms with Gasteiger partial charge in [0.2, 0.25) is 0 Å². The van der Waals surface area contributed by atoms with Crippen LogP contribution in [0.15, 0.2) is 6.20 Å². The summed E-state index contributed by atoms with van der Waals surface area (Å²) < 4.78 is 0. The van der Waals surface area contributed by atoms with E-state index in [4.69, 9.17) is 0 Å². The number of hydrogen-bond acceptors (Lipinski definition) is 4. The van der Waals surface area contributed by atoms with Crippen LogP contribution in [0.2, 0.25) is 0 Å². The standard InChI is InChI=1S/C16H26N4O2.ClH/c1-2-14-13(10-18-19-14)15(22)20-7-4-16(5-8-20)3-6-17-9-12(16)11-21;/h10,12,17,21H,2-9,11H2,1H3,(H,18,19);1H. The molecule has 3 rings (SSSR count). The minimum atomic E-state index is 0. The Balaban J connectivity index is 0.00000192. The Bertz CT molecular complexity index is 526. The maximum absolute atomic E-state index is 12.7. The molecule has 0 saturated carbocycles. The number of amides is 1. The fourth-order valence-corrected chi connectivity index (χ4v) is 4.04. The SMILES string of the molecule is CCc1[nH]ncc1C(=O)N1CCC2(CCNCC2CO)CC1.Cl. The zero-order valence-corrected chi connectivity index (χ0v) is 14.5. The van der Waals surface area contributed by atoms with Crippen LogP contribution in [0.4, 0.5) is 0 Å². The number of aliphatic hydroxyl groups is 1. The molecule has 1 atom stereocenters. The van der Waals surface area contributed by atoms with Crippen molar-refractivity contribution in [1.29, 1.82) is 0 Å². The number of aryl methyl sites for hydroxylation is 1. The van der Waals surface area contributed by atoms with Gasteiger partial charge < -0.3 is 15.3 Å². The Hall–Kier alpha value is -1.11. The quantitative estimate of drug-likeness (QED) is 0.771. The zero-order valence-electron chi connectivity index (χ0n) is 13.7. The molecule has 0 radical (unpaired) electrons. The maximum atomic E-state index is 12.7. The highest BCUT2D eigenvalue weighted by Gasteiger charge is 2.43. The second-order valence-corrected chi connectivity index (χ2v) is 6.60. The summed E-state index contributed by atoms with van der Waals surface area (Å²) in [4.78, 5) is 14.6. The fraction of sp³-hybridized carbons (Fsp3) is 0.750. The summed E-state index contributed by atoms with van der Waals surface area (Å²) in [6, 6.07) is 0. The summed E-state index contributed by atoms with van der Waals surface area (Å²) >= 11 is 0. The molecule has 1 spiro atoms. The number of aromatic nitrogens is 2. The van der Waals surface area contributed by atoms with Gasteiger partial charge in [-0.3, -0.25) is 9.89 Å². The van der Waals surface area contributed by atoms with Crippen LogP contribution >= 0.6 is 12.4 Å². The molecule has 2 aliphatic rings. The second kappa shape index (κ2) is 7.64. The van der Waals surface area contributed by atoms with E-state index in [2.05, 4.69) is 15.5 Å². The lowest BCUT2D eigenvalue weighted by molar-refractivity contribution is -0.00117. The van der Waals surface area contributed by atoms with Gasteiger partial charge in [0.05, 0.1) is 11.8 Å². The molecule has 1 aromatic rings. The lowest BCUT2D eigenvalue weighted by Gasteiger charge is -2.49. The van der Waals surface area contributed by atoms with Crippen molar-refractivity contribution in [2.45, 2.75) is 32.6 Å². The minimum Gasteiger partial charge on any atom is -0.396 e. The predicted molar refractivity (Wildman–Crippen MR) is 90.8 cm³/mol. The van der Waals surface area contributed by atoms with Gasteiger partial charge in [-0.15, -0.1) is 12.4 Å². The first-order valence-electron chi connectivity index (χ1n) is 8.33. The molecule has 7 heteroatoms. The van der Waals surface area contributed by atoms with E-state index >= 15 is 0 Å². The number of piperidine rings is 2. The average Bonchev–Trinajstić information content (AvgIpc) is 3.04. The number of aliphatic hydroxyl groups excluding tert-OH is 1. The van der Waals surface area contributed by atoms with Crippen LogP contribution in [0.1, 0.15) is 42.2 Å². The Morgan fingerprint density at radius 2 is 2.17 bits per heavy atom. The number of nitrogens with zero attached hydrogens (tertiary/aromatic N) is 2. The van der Waals surface area contributed by atoms with E-state index in [0.717, 1.165) is 57.6 Å². The number of nitrogens with one attached hydrogen (secondary N) is 2. The molecule has 6 nitrogen and oxygen atoms in total. The van der Waals surface area contributed by atoms with Crippen LogP contribution in [-0.4, -0.2) is 58.9 Å². The van der Waals surface area contributed by atoms with E-state index in [9.17, 15) is 9.90 Å². The molecule has 0 aliphatic carbocycles. The van der Waals surface area contributed by atoms with Gasteiger partial charge in [-0.1, -0.05) is 6.92 Å². The molecule has 0 aromatic carbocycles. The highest BCUT2D eigenvalue weighted by molar-refractivity contribution is 5.95. The molecule has 1 amide bonds. The first-order chi connectivity index (χ1) is 10.7. The second-order valence-electron chi connectivity index (χ2n) is 6.60. The van der Waals surface area contributed by atoms with Gasteiger partial charge in [0.25, 0.3) is 5.91 Å². The van der Waals surface area contributed by atoms with Crippen molar-refractivity contribution >= 4 is 18.3 Å². The van der Waals surface area contributed by atoms with E-state index in [0.29, 0.717) is 11.5 Å². The number of rotatable bonds is 3. The number of aromatic amines is 1. The maximum Gasteiger partial charge on any atom is 0.257 e. The van der Waals surface area contributed by atoms with Crippen molar-refractivity contribution in [2.75, 3.05) is 32.8 Å². The first kappa shape index (κ1) is 18.2. The minimum absolute atomic E-state index is 0. The summed E-state index contributed by atoms with van der Waals surface area (Å²) in [5.41, 5.74) is 1.84. The lowest BCUT2D eigenvalue weighted by atomic mass is 9.65. The molecular formula is C16H27ClN4O2. The van der Waals surface area contributed by atoms with Gasteiger partial charge in [0.1, 0.15) is 0 Å². The molecule has 3 heterocycles. The number of halogens is 1. The van der Waals surface area contributed by atoms with Crippen LogP contribution in [-0.2, 0) is 6.42 Å². The van der Waals surface area contributed by atoms with Gasteiger partial charge in [0, 0.05) is 37.9 Å². The molecule has 0 bridgehead atoms. The van der Waals surface area contributed by atoms with E-state index < -0.39 is 0 Å². The highest BCUT2D eigenvalue weighted by Crippen LogP contribution is 2.43. The topological polar surface area (TPSA) is 81.2 Å². The van der Waals surface area contributed by atoms with Crippen molar-refractivity contribution in [3.63, 3.8) is 0 Å². The monoisotopic (exact) mass is 342 g/mol. The number of carbonyl (C=O) groups excluding carboxylic acids is 1. The summed E-state index contributed by atoms with van der Waals surface area (Å²) in [6.07, 6.45) is 5.52. The number of hydrogen-bond donors (Lipinski definition) is 3. The van der Waals surface area contributed by atoms with Gasteiger partial charge in [-0.05, 0) is 37.6 Å². The third-order valence-electron chi connectivity index (χ3n) is 5.63. The van der Waals surface area contributed by atoms with E-state index in [1.165, 1.54) is 0 Å². The molecule has 1 aromatic heterocycles. The predicted octanol–water partition coefficient (Wildman–Crippen LogP) is 1.22. The average molecular weight is 343 g/mol. The molecule has 130 valence electrons. The van der Waals surface area contributed by atoms with Crippen LogP contribution in [0.25, 0.3) is 0 Å².